The van der Waals surface area contributed by atoms with Crippen molar-refractivity contribution in [3.8, 4) is 12.3 Å². The van der Waals surface area contributed by atoms with Gasteiger partial charge in [0, 0.05) is 12.6 Å². The van der Waals surface area contributed by atoms with Gasteiger partial charge in [-0.2, -0.15) is 0 Å². The summed E-state index contributed by atoms with van der Waals surface area (Å²) >= 11 is 4.37. The van der Waals surface area contributed by atoms with E-state index in [1.807, 2.05) is 0 Å². The molecule has 0 aromatic carbocycles. The highest BCUT2D eigenvalue weighted by Crippen LogP contribution is 2.43. The molecule has 25 heavy (non-hydrogen) atoms. The maximum atomic E-state index is 14.2. The van der Waals surface area contributed by atoms with Gasteiger partial charge < -0.3 is 34.5 Å². The third kappa shape index (κ3) is 3.26. The SMILES string of the molecule is C#C[C@]1(COP(O)(O)=S)O[C@H](n2cc(F)c3c(N)ncnc32)C[C@@H]1O. The van der Waals surface area contributed by atoms with Crippen LogP contribution in [0.5, 0.6) is 0 Å². The highest BCUT2D eigenvalue weighted by molar-refractivity contribution is 8.06. The van der Waals surface area contributed by atoms with E-state index in [2.05, 4.69) is 27.7 Å². The Hall–Kier alpha value is -1.64. The van der Waals surface area contributed by atoms with Crippen LogP contribution >= 0.6 is 6.72 Å². The number of aliphatic hydroxyl groups is 1. The molecule has 0 saturated carbocycles. The number of ether oxygens (including phenoxy) is 1. The van der Waals surface area contributed by atoms with Gasteiger partial charge in [-0.1, -0.05) is 5.92 Å². The van der Waals surface area contributed by atoms with E-state index in [0.29, 0.717) is 0 Å². The number of aromatic nitrogens is 3. The predicted molar refractivity (Wildman–Crippen MR) is 88.9 cm³/mol. The van der Waals surface area contributed by atoms with Gasteiger partial charge in [-0.05, 0) is 11.8 Å². The molecule has 9 nitrogen and oxygen atoms in total. The summed E-state index contributed by atoms with van der Waals surface area (Å²) in [4.78, 5) is 26.1. The van der Waals surface area contributed by atoms with Crippen LogP contribution in [0.3, 0.4) is 0 Å². The Morgan fingerprint density at radius 3 is 2.96 bits per heavy atom. The fourth-order valence-corrected chi connectivity index (χ4v) is 3.20. The van der Waals surface area contributed by atoms with Crippen molar-refractivity contribution in [3.05, 3.63) is 18.3 Å². The molecule has 2 aromatic rings. The number of fused-ring (bicyclic) bond motifs is 1. The largest absolute Gasteiger partial charge is 0.389 e. The van der Waals surface area contributed by atoms with Gasteiger partial charge in [0.05, 0.1) is 12.0 Å². The molecule has 5 N–H and O–H groups in total. The lowest BCUT2D eigenvalue weighted by atomic mass is 9.99. The number of terminal acetylenes is 1. The van der Waals surface area contributed by atoms with E-state index < -0.39 is 37.1 Å². The summed E-state index contributed by atoms with van der Waals surface area (Å²) in [5.41, 5.74) is 4.16. The van der Waals surface area contributed by atoms with Crippen LogP contribution in [0.1, 0.15) is 12.6 Å². The summed E-state index contributed by atoms with van der Waals surface area (Å²) in [6.45, 7) is -4.53. The molecule has 1 aliphatic rings. The molecule has 1 saturated heterocycles. The van der Waals surface area contributed by atoms with Gasteiger partial charge in [0.1, 0.15) is 24.5 Å². The number of nitrogens with zero attached hydrogens (tertiary/aromatic N) is 3. The summed E-state index contributed by atoms with van der Waals surface area (Å²) in [7, 11) is 0. The molecule has 3 heterocycles. The minimum atomic E-state index is -3.99. The second-order valence-electron chi connectivity index (χ2n) is 5.46. The Morgan fingerprint density at radius 2 is 2.32 bits per heavy atom. The summed E-state index contributed by atoms with van der Waals surface area (Å²) in [6.07, 6.45) is 5.61. The van der Waals surface area contributed by atoms with Gasteiger partial charge in [0.25, 0.3) is 0 Å². The smallest absolute Gasteiger partial charge is 0.322 e. The minimum Gasteiger partial charge on any atom is -0.389 e. The number of anilines is 1. The van der Waals surface area contributed by atoms with Crippen LogP contribution in [0.4, 0.5) is 10.2 Å². The second kappa shape index (κ2) is 6.26. The standard InChI is InChI=1S/C13H14FN4O5PS/c1-2-13(5-22-24(20,21)25)8(19)3-9(23-13)18-4-7(14)10-11(15)16-6-17-12(10)18/h1,4,6,8-9,19H,3,5H2,(H2,15,16,17)(H2,20,21,25)/t8-,9-,13+/m0/s1. The Kier molecular flexibility index (Phi) is 4.55. The monoisotopic (exact) mass is 388 g/mol. The number of aliphatic hydroxyl groups excluding tert-OH is 1. The first kappa shape index (κ1) is 18.2. The lowest BCUT2D eigenvalue weighted by Gasteiger charge is -2.27. The van der Waals surface area contributed by atoms with E-state index in [-0.39, 0.29) is 23.3 Å². The first-order chi connectivity index (χ1) is 11.7. The van der Waals surface area contributed by atoms with Crippen molar-refractivity contribution in [2.24, 2.45) is 0 Å². The van der Waals surface area contributed by atoms with E-state index in [9.17, 15) is 19.3 Å². The molecule has 3 rings (SSSR count). The maximum Gasteiger partial charge on any atom is 0.322 e. The van der Waals surface area contributed by atoms with Gasteiger partial charge in [-0.25, -0.2) is 14.4 Å². The van der Waals surface area contributed by atoms with Gasteiger partial charge in [0.2, 0.25) is 0 Å². The average Bonchev–Trinajstić information content (AvgIpc) is 3.04. The first-order valence-electron chi connectivity index (χ1n) is 6.97. The van der Waals surface area contributed by atoms with Crippen molar-refractivity contribution in [2.45, 2.75) is 24.4 Å². The Morgan fingerprint density at radius 1 is 1.60 bits per heavy atom. The third-order valence-corrected chi connectivity index (χ3v) is 4.69. The molecule has 0 unspecified atom stereocenters. The highest BCUT2D eigenvalue weighted by atomic mass is 32.5. The fourth-order valence-electron chi connectivity index (χ4n) is 2.68. The zero-order valence-corrected chi connectivity index (χ0v) is 14.3. The normalized spacial score (nSPS) is 26.8. The summed E-state index contributed by atoms with van der Waals surface area (Å²) in [6, 6.07) is 0. The molecule has 0 bridgehead atoms. The topological polar surface area (TPSA) is 136 Å². The van der Waals surface area contributed by atoms with Crippen molar-refractivity contribution in [3.63, 3.8) is 0 Å². The average molecular weight is 388 g/mol. The zero-order chi connectivity index (χ0) is 18.4. The molecule has 0 radical (unpaired) electrons. The fraction of sp³-hybridized carbons (Fsp3) is 0.385. The van der Waals surface area contributed by atoms with Crippen LogP contribution in [-0.4, -0.2) is 47.7 Å². The van der Waals surface area contributed by atoms with Gasteiger partial charge >= 0.3 is 6.72 Å². The number of nitrogen functional groups attached to an aromatic ring is 1. The predicted octanol–water partition coefficient (Wildman–Crippen LogP) is 0.0301. The number of hydrogen-bond donors (Lipinski definition) is 4. The van der Waals surface area contributed by atoms with Crippen molar-refractivity contribution in [1.82, 2.24) is 14.5 Å². The van der Waals surface area contributed by atoms with Gasteiger partial charge in [0.15, 0.2) is 17.1 Å². The molecular weight excluding hydrogens is 374 g/mol. The van der Waals surface area contributed by atoms with Gasteiger partial charge in [-0.3, -0.25) is 0 Å². The number of nitrogens with two attached hydrogens (primary N) is 1. The van der Waals surface area contributed by atoms with E-state index in [0.717, 1.165) is 6.20 Å². The van der Waals surface area contributed by atoms with E-state index in [1.54, 1.807) is 0 Å². The summed E-state index contributed by atoms with van der Waals surface area (Å²) in [5.74, 6) is 1.57. The van der Waals surface area contributed by atoms with Crippen molar-refractivity contribution in [2.75, 3.05) is 12.3 Å². The lowest BCUT2D eigenvalue weighted by molar-refractivity contribution is -0.0855. The maximum absolute atomic E-state index is 14.2. The molecule has 0 aliphatic carbocycles. The number of hydrogen-bond acceptors (Lipinski definition) is 7. The van der Waals surface area contributed by atoms with E-state index in [1.165, 1.54) is 10.9 Å². The summed E-state index contributed by atoms with van der Waals surface area (Å²) < 4.78 is 25.9. The number of halogens is 1. The quantitative estimate of drug-likeness (QED) is 0.422. The molecule has 0 spiro atoms. The Bertz CT molecular complexity index is 912. The van der Waals surface area contributed by atoms with Crippen LogP contribution in [0.15, 0.2) is 12.5 Å². The van der Waals surface area contributed by atoms with Crippen LogP contribution in [0.2, 0.25) is 0 Å². The second-order valence-corrected chi connectivity index (χ2v) is 8.13. The number of rotatable bonds is 4. The van der Waals surface area contributed by atoms with Crippen LogP contribution in [0.25, 0.3) is 11.0 Å². The lowest BCUT2D eigenvalue weighted by Crippen LogP contribution is -2.42. The molecule has 12 heteroatoms. The molecular formula is C13H14FN4O5PS. The zero-order valence-electron chi connectivity index (χ0n) is 12.6. The molecule has 2 aromatic heterocycles. The van der Waals surface area contributed by atoms with Crippen molar-refractivity contribution < 1.29 is 28.5 Å². The van der Waals surface area contributed by atoms with Gasteiger partial charge in [-0.15, -0.1) is 6.42 Å². The minimum absolute atomic E-state index is 0.0135. The van der Waals surface area contributed by atoms with Crippen LogP contribution in [0, 0.1) is 18.2 Å². The first-order valence-corrected chi connectivity index (χ1v) is 9.59. The summed E-state index contributed by atoms with van der Waals surface area (Å²) in [5, 5.41) is 10.3. The van der Waals surface area contributed by atoms with Crippen molar-refractivity contribution >= 4 is 35.4 Å². The molecule has 134 valence electrons. The molecule has 1 fully saturated rings. The third-order valence-electron chi connectivity index (χ3n) is 3.90. The highest BCUT2D eigenvalue weighted by Gasteiger charge is 2.49. The molecule has 1 aliphatic heterocycles. The Labute approximate surface area is 146 Å². The molecule has 3 atom stereocenters. The van der Waals surface area contributed by atoms with Crippen molar-refractivity contribution in [1.29, 1.82) is 0 Å². The van der Waals surface area contributed by atoms with Crippen LogP contribution < -0.4 is 5.73 Å². The molecule has 0 amide bonds. The van der Waals surface area contributed by atoms with E-state index >= 15 is 0 Å². The van der Waals surface area contributed by atoms with Crippen LogP contribution in [-0.2, 0) is 21.1 Å². The Balaban J connectivity index is 1.95. The van der Waals surface area contributed by atoms with E-state index in [4.69, 9.17) is 21.4 Å².